The highest BCUT2D eigenvalue weighted by Crippen LogP contribution is 2.51. The molecule has 2 bridgehead atoms. The summed E-state index contributed by atoms with van der Waals surface area (Å²) in [7, 11) is 0. The van der Waals surface area contributed by atoms with Crippen LogP contribution in [0.15, 0.2) is 0 Å². The summed E-state index contributed by atoms with van der Waals surface area (Å²) in [6, 6.07) is -0.137. The molecule has 2 aliphatic heterocycles. The van der Waals surface area contributed by atoms with Crippen LogP contribution >= 0.6 is 0 Å². The van der Waals surface area contributed by atoms with Crippen molar-refractivity contribution in [2.45, 2.75) is 31.2 Å². The lowest BCUT2D eigenvalue weighted by Crippen LogP contribution is -2.59. The van der Waals surface area contributed by atoms with Crippen molar-refractivity contribution < 1.29 is 18.3 Å². The van der Waals surface area contributed by atoms with Crippen LogP contribution < -0.4 is 5.32 Å². The Balaban J connectivity index is 2.16. The van der Waals surface area contributed by atoms with Gasteiger partial charge in [0.05, 0.1) is 0 Å². The van der Waals surface area contributed by atoms with Crippen molar-refractivity contribution in [2.24, 2.45) is 11.8 Å². The molecule has 2 nitrogen and oxygen atoms in total. The Labute approximate surface area is 74.1 Å². The topological polar surface area (TPSA) is 32.3 Å². The Bertz CT molecular complexity index is 212. The second-order valence-corrected chi connectivity index (χ2v) is 4.18. The minimum atomic E-state index is -4.51. The molecule has 0 amide bonds. The highest BCUT2D eigenvalue weighted by atomic mass is 19.4. The summed E-state index contributed by atoms with van der Waals surface area (Å²) in [5.41, 5.74) is -2.52. The molecule has 1 saturated carbocycles. The van der Waals surface area contributed by atoms with Crippen molar-refractivity contribution in [2.75, 3.05) is 6.54 Å². The molecule has 1 aliphatic carbocycles. The van der Waals surface area contributed by atoms with Crippen molar-refractivity contribution in [1.29, 1.82) is 0 Å². The molecule has 2 N–H and O–H groups in total. The predicted octanol–water partition coefficient (Wildman–Crippen LogP) is 0.908. The molecule has 5 heteroatoms. The van der Waals surface area contributed by atoms with Crippen molar-refractivity contribution in [3.8, 4) is 0 Å². The zero-order valence-corrected chi connectivity index (χ0v) is 7.23. The third-order valence-electron chi connectivity index (χ3n) is 3.36. The highest BCUT2D eigenvalue weighted by Gasteiger charge is 2.64. The van der Waals surface area contributed by atoms with Gasteiger partial charge in [-0.1, -0.05) is 0 Å². The van der Waals surface area contributed by atoms with Gasteiger partial charge in [-0.25, -0.2) is 0 Å². The molecular weight excluding hydrogens is 183 g/mol. The third-order valence-corrected chi connectivity index (χ3v) is 3.36. The molecule has 2 heterocycles. The molecule has 0 aromatic heterocycles. The smallest absolute Gasteiger partial charge is 0.380 e. The van der Waals surface area contributed by atoms with Crippen molar-refractivity contribution in [1.82, 2.24) is 5.32 Å². The summed E-state index contributed by atoms with van der Waals surface area (Å²) in [5, 5.41) is 12.3. The molecule has 4 atom stereocenters. The first kappa shape index (κ1) is 9.27. The molecule has 0 radical (unpaired) electrons. The second kappa shape index (κ2) is 2.39. The van der Waals surface area contributed by atoms with Gasteiger partial charge >= 0.3 is 6.18 Å². The summed E-state index contributed by atoms with van der Waals surface area (Å²) in [5.74, 6) is -0.644. The molecule has 4 unspecified atom stereocenters. The van der Waals surface area contributed by atoms with Crippen molar-refractivity contribution in [3.05, 3.63) is 0 Å². The number of nitrogens with one attached hydrogen (secondary N) is 1. The summed E-state index contributed by atoms with van der Waals surface area (Å²) >= 11 is 0. The van der Waals surface area contributed by atoms with Gasteiger partial charge < -0.3 is 10.4 Å². The van der Waals surface area contributed by atoms with Gasteiger partial charge in [0, 0.05) is 12.0 Å². The van der Waals surface area contributed by atoms with Gasteiger partial charge in [0.1, 0.15) is 0 Å². The number of hydrogen-bond acceptors (Lipinski definition) is 2. The number of aliphatic hydroxyl groups is 1. The van der Waals surface area contributed by atoms with Crippen LogP contribution in [0.2, 0.25) is 0 Å². The third kappa shape index (κ3) is 1.10. The van der Waals surface area contributed by atoms with E-state index in [1.165, 1.54) is 0 Å². The van der Waals surface area contributed by atoms with Crippen LogP contribution in [0, 0.1) is 11.8 Å². The van der Waals surface area contributed by atoms with Gasteiger partial charge in [0.2, 0.25) is 0 Å². The fraction of sp³-hybridized carbons (Fsp3) is 1.00. The fourth-order valence-corrected chi connectivity index (χ4v) is 2.52. The molecular formula is C8H12F3NO. The Morgan fingerprint density at radius 1 is 1.38 bits per heavy atom. The lowest BCUT2D eigenvalue weighted by Gasteiger charge is -2.45. The Morgan fingerprint density at radius 2 is 2.00 bits per heavy atom. The minimum absolute atomic E-state index is 0.00150. The molecule has 13 heavy (non-hydrogen) atoms. The molecule has 3 fully saturated rings. The first-order valence-corrected chi connectivity index (χ1v) is 4.36. The van der Waals surface area contributed by atoms with Crippen LogP contribution in [0.5, 0.6) is 0 Å². The maximum absolute atomic E-state index is 12.4. The second-order valence-electron chi connectivity index (χ2n) is 4.18. The molecule has 76 valence electrons. The number of fused-ring (bicyclic) bond motifs is 1. The SMILES string of the molecule is CC(O)(C1C2CNC1C2)C(F)(F)F. The molecule has 0 aromatic rings. The van der Waals surface area contributed by atoms with E-state index in [2.05, 4.69) is 5.32 Å². The largest absolute Gasteiger partial charge is 0.417 e. The molecule has 0 spiro atoms. The Morgan fingerprint density at radius 3 is 2.31 bits per heavy atom. The maximum atomic E-state index is 12.4. The van der Waals surface area contributed by atoms with E-state index >= 15 is 0 Å². The van der Waals surface area contributed by atoms with Crippen LogP contribution in [0.1, 0.15) is 13.3 Å². The molecule has 3 aliphatic rings. The number of halogens is 3. The zero-order valence-electron chi connectivity index (χ0n) is 7.23. The normalized spacial score (nSPS) is 42.7. The van der Waals surface area contributed by atoms with Crippen molar-refractivity contribution in [3.63, 3.8) is 0 Å². The number of rotatable bonds is 1. The van der Waals surface area contributed by atoms with Gasteiger partial charge in [-0.05, 0) is 25.8 Å². The van der Waals surface area contributed by atoms with Crippen LogP contribution in [0.25, 0.3) is 0 Å². The first-order valence-electron chi connectivity index (χ1n) is 4.36. The monoisotopic (exact) mass is 195 g/mol. The van der Waals surface area contributed by atoms with E-state index in [-0.39, 0.29) is 12.0 Å². The average molecular weight is 195 g/mol. The van der Waals surface area contributed by atoms with Gasteiger partial charge in [-0.2, -0.15) is 13.2 Å². The van der Waals surface area contributed by atoms with Crippen LogP contribution in [0.4, 0.5) is 13.2 Å². The van der Waals surface area contributed by atoms with E-state index < -0.39 is 17.7 Å². The van der Waals surface area contributed by atoms with Gasteiger partial charge in [0.15, 0.2) is 5.60 Å². The summed E-state index contributed by atoms with van der Waals surface area (Å²) < 4.78 is 37.2. The minimum Gasteiger partial charge on any atom is -0.380 e. The molecule has 2 saturated heterocycles. The fourth-order valence-electron chi connectivity index (χ4n) is 2.52. The zero-order chi connectivity index (χ0) is 9.85. The van der Waals surface area contributed by atoms with Crippen molar-refractivity contribution >= 4 is 0 Å². The predicted molar refractivity (Wildman–Crippen MR) is 40.1 cm³/mol. The van der Waals surface area contributed by atoms with Crippen LogP contribution in [-0.4, -0.2) is 29.5 Å². The molecule has 0 aromatic carbocycles. The Hall–Kier alpha value is -0.290. The van der Waals surface area contributed by atoms with E-state index in [0.717, 1.165) is 13.3 Å². The summed E-state index contributed by atoms with van der Waals surface area (Å²) in [4.78, 5) is 0. The molecule has 3 rings (SSSR count). The standard InChI is InChI=1S/C8H12F3NO/c1-7(13,8(9,10)11)6-4-2-5(6)12-3-4/h4-6,12-13H,2-3H2,1H3. The summed E-state index contributed by atoms with van der Waals surface area (Å²) in [6.07, 6.45) is -3.74. The Kier molecular flexibility index (Phi) is 1.70. The highest BCUT2D eigenvalue weighted by molar-refractivity contribution is 5.11. The van der Waals surface area contributed by atoms with Crippen LogP contribution in [0.3, 0.4) is 0 Å². The number of hydrogen-bond donors (Lipinski definition) is 2. The lowest BCUT2D eigenvalue weighted by atomic mass is 9.65. The average Bonchev–Trinajstić information content (AvgIpc) is 2.38. The van der Waals surface area contributed by atoms with E-state index in [9.17, 15) is 18.3 Å². The first-order chi connectivity index (χ1) is 5.84. The number of alkyl halides is 3. The lowest BCUT2D eigenvalue weighted by molar-refractivity contribution is -0.285. The van der Waals surface area contributed by atoms with Gasteiger partial charge in [-0.15, -0.1) is 0 Å². The van der Waals surface area contributed by atoms with Gasteiger partial charge in [0.25, 0.3) is 0 Å². The van der Waals surface area contributed by atoms with E-state index in [1.54, 1.807) is 0 Å². The van der Waals surface area contributed by atoms with E-state index in [4.69, 9.17) is 0 Å². The van der Waals surface area contributed by atoms with E-state index in [0.29, 0.717) is 6.54 Å². The van der Waals surface area contributed by atoms with E-state index in [1.807, 2.05) is 0 Å². The summed E-state index contributed by atoms with van der Waals surface area (Å²) in [6.45, 7) is 1.49. The quantitative estimate of drug-likeness (QED) is 0.651. The van der Waals surface area contributed by atoms with Crippen LogP contribution in [-0.2, 0) is 0 Å². The maximum Gasteiger partial charge on any atom is 0.417 e. The van der Waals surface area contributed by atoms with Gasteiger partial charge in [-0.3, -0.25) is 0 Å².